The topological polar surface area (TPSA) is 6.48 Å². The number of benzene rings is 12. The first-order valence-electron chi connectivity index (χ1n) is 23.8. The summed E-state index contributed by atoms with van der Waals surface area (Å²) >= 11 is 0. The van der Waals surface area contributed by atoms with E-state index in [1.165, 1.54) is 81.1 Å². The summed E-state index contributed by atoms with van der Waals surface area (Å²) in [5.41, 5.74) is 11.7. The zero-order chi connectivity index (χ0) is 45.7. The molecule has 12 aromatic carbocycles. The standard InChI is InChI=1S/C66H46N2Si/c1-4-20-53(21-5-1)68-63-29-14-15-30-65(63)69(57-22-6-2-7-23-57,58-24-8-3-9-25-58)66-44-37-51(46-64(66)68)47-33-38-54(39-34-47)67(56-42-43-62-52(45-56)32-31-49-18-11-13-27-60(49)62)55-40-35-50(36-41-55)61-28-16-19-48-17-10-12-26-59(48)61/h1-46H. The summed E-state index contributed by atoms with van der Waals surface area (Å²) in [7, 11) is -2.80. The summed E-state index contributed by atoms with van der Waals surface area (Å²) in [5, 5.41) is 13.0. The molecule has 0 amide bonds. The van der Waals surface area contributed by atoms with Crippen molar-refractivity contribution in [2.45, 2.75) is 0 Å². The third kappa shape index (κ3) is 6.78. The summed E-state index contributed by atoms with van der Waals surface area (Å²) < 4.78 is 0. The molecule has 324 valence electrons. The van der Waals surface area contributed by atoms with Gasteiger partial charge in [0.2, 0.25) is 0 Å². The Morgan fingerprint density at radius 1 is 0.290 bits per heavy atom. The van der Waals surface area contributed by atoms with Gasteiger partial charge in [0.25, 0.3) is 0 Å². The molecule has 1 aliphatic rings. The number of para-hydroxylation sites is 2. The van der Waals surface area contributed by atoms with E-state index in [-0.39, 0.29) is 0 Å². The molecule has 0 saturated heterocycles. The maximum Gasteiger partial charge on any atom is 0.184 e. The molecule has 0 N–H and O–H groups in total. The predicted molar refractivity (Wildman–Crippen MR) is 296 cm³/mol. The summed E-state index contributed by atoms with van der Waals surface area (Å²) in [4.78, 5) is 4.89. The van der Waals surface area contributed by atoms with Crippen LogP contribution < -0.4 is 30.5 Å². The number of anilines is 6. The van der Waals surface area contributed by atoms with Crippen molar-refractivity contribution < 1.29 is 0 Å². The second-order valence-electron chi connectivity index (χ2n) is 18.1. The van der Waals surface area contributed by atoms with E-state index >= 15 is 0 Å². The van der Waals surface area contributed by atoms with Crippen LogP contribution in [0.1, 0.15) is 0 Å². The fraction of sp³-hybridized carbons (Fsp3) is 0. The highest BCUT2D eigenvalue weighted by atomic mass is 28.3. The minimum absolute atomic E-state index is 1.09. The number of rotatable bonds is 8. The summed E-state index contributed by atoms with van der Waals surface area (Å²) in [6, 6.07) is 103. The molecule has 0 fully saturated rings. The number of hydrogen-bond acceptors (Lipinski definition) is 2. The van der Waals surface area contributed by atoms with Gasteiger partial charge in [-0.2, -0.15) is 0 Å². The van der Waals surface area contributed by atoms with Gasteiger partial charge in [0.1, 0.15) is 0 Å². The quantitative estimate of drug-likeness (QED) is 0.111. The van der Waals surface area contributed by atoms with Gasteiger partial charge in [0.15, 0.2) is 8.07 Å². The molecule has 0 atom stereocenters. The van der Waals surface area contributed by atoms with Crippen LogP contribution in [-0.4, -0.2) is 8.07 Å². The molecule has 0 aromatic heterocycles. The molecule has 2 nitrogen and oxygen atoms in total. The third-order valence-electron chi connectivity index (χ3n) is 14.3. The third-order valence-corrected chi connectivity index (χ3v) is 19.2. The maximum atomic E-state index is 2.49. The van der Waals surface area contributed by atoms with Crippen molar-refractivity contribution in [1.29, 1.82) is 0 Å². The lowest BCUT2D eigenvalue weighted by atomic mass is 9.98. The van der Waals surface area contributed by atoms with Crippen LogP contribution in [0.15, 0.2) is 279 Å². The van der Waals surface area contributed by atoms with E-state index in [1.807, 2.05) is 0 Å². The van der Waals surface area contributed by atoms with Crippen LogP contribution in [0.2, 0.25) is 0 Å². The van der Waals surface area contributed by atoms with E-state index in [4.69, 9.17) is 0 Å². The molecule has 1 aliphatic heterocycles. The molecular weight excluding hydrogens is 849 g/mol. The Morgan fingerprint density at radius 3 is 1.51 bits per heavy atom. The molecule has 0 radical (unpaired) electrons. The lowest BCUT2D eigenvalue weighted by Crippen LogP contribution is -2.77. The fourth-order valence-corrected chi connectivity index (χ4v) is 16.2. The van der Waals surface area contributed by atoms with E-state index in [0.29, 0.717) is 0 Å². The molecular formula is C66H46N2Si. The van der Waals surface area contributed by atoms with Gasteiger partial charge < -0.3 is 9.80 Å². The molecule has 0 unspecified atom stereocenters. The first kappa shape index (κ1) is 40.5. The Balaban J connectivity index is 0.956. The monoisotopic (exact) mass is 894 g/mol. The van der Waals surface area contributed by atoms with Crippen LogP contribution in [0.25, 0.3) is 54.6 Å². The van der Waals surface area contributed by atoms with Crippen LogP contribution in [0.5, 0.6) is 0 Å². The highest BCUT2D eigenvalue weighted by molar-refractivity contribution is 7.21. The second kappa shape index (κ2) is 16.8. The zero-order valence-electron chi connectivity index (χ0n) is 38.0. The summed E-state index contributed by atoms with van der Waals surface area (Å²) in [6.45, 7) is 0. The molecule has 0 saturated carbocycles. The smallest absolute Gasteiger partial charge is 0.184 e. The lowest BCUT2D eigenvalue weighted by Gasteiger charge is -2.45. The molecule has 12 aromatic rings. The number of hydrogen-bond donors (Lipinski definition) is 0. The van der Waals surface area contributed by atoms with Crippen molar-refractivity contribution in [2.24, 2.45) is 0 Å². The Labute approximate surface area is 404 Å². The number of nitrogens with zero attached hydrogens (tertiary/aromatic N) is 2. The maximum absolute atomic E-state index is 2.80. The molecule has 0 spiro atoms. The molecule has 13 rings (SSSR count). The van der Waals surface area contributed by atoms with Crippen molar-refractivity contribution >= 4 is 95.3 Å². The van der Waals surface area contributed by atoms with Crippen LogP contribution in [-0.2, 0) is 0 Å². The lowest BCUT2D eigenvalue weighted by molar-refractivity contribution is 1.28. The first-order chi connectivity index (χ1) is 34.2. The van der Waals surface area contributed by atoms with Gasteiger partial charge >= 0.3 is 0 Å². The van der Waals surface area contributed by atoms with E-state index in [2.05, 4.69) is 289 Å². The fourth-order valence-electron chi connectivity index (χ4n) is 11.2. The van der Waals surface area contributed by atoms with Gasteiger partial charge in [0, 0.05) is 34.1 Å². The minimum atomic E-state index is -2.80. The Hall–Kier alpha value is -8.76. The van der Waals surface area contributed by atoms with Crippen molar-refractivity contribution in [1.82, 2.24) is 0 Å². The average Bonchev–Trinajstić information content (AvgIpc) is 3.43. The Bertz CT molecular complexity index is 3790. The van der Waals surface area contributed by atoms with Crippen molar-refractivity contribution in [3.05, 3.63) is 279 Å². The second-order valence-corrected chi connectivity index (χ2v) is 21.8. The first-order valence-corrected chi connectivity index (χ1v) is 25.8. The van der Waals surface area contributed by atoms with E-state index in [9.17, 15) is 0 Å². The van der Waals surface area contributed by atoms with Gasteiger partial charge in [-0.25, -0.2) is 0 Å². The van der Waals surface area contributed by atoms with E-state index in [1.54, 1.807) is 0 Å². The van der Waals surface area contributed by atoms with Crippen LogP contribution in [0.4, 0.5) is 34.1 Å². The largest absolute Gasteiger partial charge is 0.311 e. The highest BCUT2D eigenvalue weighted by Crippen LogP contribution is 2.42. The predicted octanol–water partition coefficient (Wildman–Crippen LogP) is 15.1. The Morgan fingerprint density at radius 2 is 0.797 bits per heavy atom. The molecule has 3 heteroatoms. The van der Waals surface area contributed by atoms with Gasteiger partial charge in [-0.05, 0) is 136 Å². The number of fused-ring (bicyclic) bond motifs is 6. The van der Waals surface area contributed by atoms with E-state index in [0.717, 1.165) is 28.3 Å². The van der Waals surface area contributed by atoms with Crippen molar-refractivity contribution in [3.8, 4) is 22.3 Å². The van der Waals surface area contributed by atoms with Crippen LogP contribution in [0, 0.1) is 0 Å². The van der Waals surface area contributed by atoms with Crippen molar-refractivity contribution in [2.75, 3.05) is 9.80 Å². The summed E-state index contributed by atoms with van der Waals surface area (Å²) in [5.74, 6) is 0. The van der Waals surface area contributed by atoms with Gasteiger partial charge in [0.05, 0.1) is 0 Å². The summed E-state index contributed by atoms with van der Waals surface area (Å²) in [6.07, 6.45) is 0. The molecule has 0 aliphatic carbocycles. The van der Waals surface area contributed by atoms with Crippen molar-refractivity contribution in [3.63, 3.8) is 0 Å². The van der Waals surface area contributed by atoms with Crippen LogP contribution in [0.3, 0.4) is 0 Å². The molecule has 1 heterocycles. The van der Waals surface area contributed by atoms with Gasteiger partial charge in [-0.15, -0.1) is 0 Å². The molecule has 0 bridgehead atoms. The van der Waals surface area contributed by atoms with E-state index < -0.39 is 8.07 Å². The molecule has 69 heavy (non-hydrogen) atoms. The zero-order valence-corrected chi connectivity index (χ0v) is 39.0. The van der Waals surface area contributed by atoms with Crippen LogP contribution >= 0.6 is 0 Å². The van der Waals surface area contributed by atoms with Gasteiger partial charge in [-0.3, -0.25) is 0 Å². The SMILES string of the molecule is c1ccc(N2c3ccccc3[Si](c3ccccc3)(c3ccccc3)c3ccc(-c4ccc(N(c5ccc(-c6cccc7ccccc67)cc5)c5ccc6c(ccc7ccccc76)c5)cc4)cc32)cc1. The average molecular weight is 895 g/mol. The normalized spacial score (nSPS) is 12.7. The Kier molecular flexibility index (Phi) is 9.88. The minimum Gasteiger partial charge on any atom is -0.311 e. The highest BCUT2D eigenvalue weighted by Gasteiger charge is 2.48. The van der Waals surface area contributed by atoms with Gasteiger partial charge in [-0.1, -0.05) is 218 Å².